The second-order valence-corrected chi connectivity index (χ2v) is 4.73. The van der Waals surface area contributed by atoms with Crippen LogP contribution in [-0.4, -0.2) is 22.9 Å². The smallest absolute Gasteiger partial charge is 0.298 e. The second-order valence-electron chi connectivity index (χ2n) is 3.94. The first-order valence-corrected chi connectivity index (χ1v) is 6.52. The first-order valence-electron chi connectivity index (χ1n) is 5.40. The first kappa shape index (κ1) is 11.5. The maximum Gasteiger partial charge on any atom is 0.298 e. The summed E-state index contributed by atoms with van der Waals surface area (Å²) < 4.78 is 5.74. The fourth-order valence-corrected chi connectivity index (χ4v) is 2.03. The molecule has 0 aliphatic heterocycles. The number of halogens is 1. The highest BCUT2D eigenvalue weighted by atomic mass is 79.9. The van der Waals surface area contributed by atoms with E-state index in [0.29, 0.717) is 12.1 Å². The molecule has 1 aromatic heterocycles. The zero-order chi connectivity index (χ0) is 11.5. The van der Waals surface area contributed by atoms with Gasteiger partial charge < -0.3 is 9.32 Å². The van der Waals surface area contributed by atoms with Gasteiger partial charge in [-0.1, -0.05) is 28.1 Å². The van der Waals surface area contributed by atoms with E-state index in [1.165, 1.54) is 0 Å². The van der Waals surface area contributed by atoms with Crippen LogP contribution in [0.1, 0.15) is 13.8 Å². The molecule has 2 aromatic rings. The molecule has 16 heavy (non-hydrogen) atoms. The minimum absolute atomic E-state index is 0.380. The normalized spacial score (nSPS) is 11.2. The van der Waals surface area contributed by atoms with Gasteiger partial charge in [-0.05, 0) is 26.0 Å². The predicted molar refractivity (Wildman–Crippen MR) is 70.3 cm³/mol. The number of alkyl halides is 1. The third-order valence-corrected chi connectivity index (χ3v) is 2.83. The Morgan fingerprint density at radius 2 is 2.12 bits per heavy atom. The molecule has 0 bridgehead atoms. The van der Waals surface area contributed by atoms with Gasteiger partial charge >= 0.3 is 0 Å². The van der Waals surface area contributed by atoms with E-state index in [0.717, 1.165) is 23.0 Å². The van der Waals surface area contributed by atoms with E-state index < -0.39 is 0 Å². The molecule has 0 aliphatic carbocycles. The van der Waals surface area contributed by atoms with Crippen LogP contribution >= 0.6 is 15.9 Å². The summed E-state index contributed by atoms with van der Waals surface area (Å²) in [6.45, 7) is 5.17. The lowest BCUT2D eigenvalue weighted by atomic mass is 10.3. The number of hydrogen-bond acceptors (Lipinski definition) is 3. The first-order chi connectivity index (χ1) is 7.72. The zero-order valence-electron chi connectivity index (χ0n) is 9.48. The molecular weight excluding hydrogens is 268 g/mol. The van der Waals surface area contributed by atoms with Gasteiger partial charge in [-0.15, -0.1) is 0 Å². The van der Waals surface area contributed by atoms with Gasteiger partial charge in [0.1, 0.15) is 5.52 Å². The van der Waals surface area contributed by atoms with Crippen molar-refractivity contribution in [1.29, 1.82) is 0 Å². The molecule has 0 unspecified atom stereocenters. The Balaban J connectivity index is 2.37. The van der Waals surface area contributed by atoms with E-state index in [1.807, 2.05) is 24.3 Å². The van der Waals surface area contributed by atoms with Crippen molar-refractivity contribution in [3.8, 4) is 0 Å². The number of hydrogen-bond donors (Lipinski definition) is 0. The Labute approximate surface area is 104 Å². The van der Waals surface area contributed by atoms with Crippen molar-refractivity contribution in [2.75, 3.05) is 16.8 Å². The molecule has 0 spiro atoms. The monoisotopic (exact) mass is 282 g/mol. The third-order valence-electron chi connectivity index (χ3n) is 2.48. The molecule has 0 aliphatic rings. The summed E-state index contributed by atoms with van der Waals surface area (Å²) in [6, 6.07) is 8.93. The molecule has 3 nitrogen and oxygen atoms in total. The van der Waals surface area contributed by atoms with Crippen LogP contribution in [0.15, 0.2) is 28.7 Å². The summed E-state index contributed by atoms with van der Waals surface area (Å²) in [5.41, 5.74) is 1.76. The molecule has 1 heterocycles. The minimum atomic E-state index is 0.380. The summed E-state index contributed by atoms with van der Waals surface area (Å²) in [7, 11) is 0. The average Bonchev–Trinajstić information content (AvgIpc) is 2.68. The van der Waals surface area contributed by atoms with Crippen LogP contribution in [0.5, 0.6) is 0 Å². The van der Waals surface area contributed by atoms with E-state index in [9.17, 15) is 0 Å². The third kappa shape index (κ3) is 2.21. The highest BCUT2D eigenvalue weighted by Crippen LogP contribution is 2.22. The largest absolute Gasteiger partial charge is 0.423 e. The number of benzene rings is 1. The quantitative estimate of drug-likeness (QED) is 0.805. The van der Waals surface area contributed by atoms with Gasteiger partial charge in [0, 0.05) is 17.9 Å². The van der Waals surface area contributed by atoms with E-state index in [-0.39, 0.29) is 0 Å². The molecule has 0 N–H and O–H groups in total. The number of fused-ring (bicyclic) bond motifs is 1. The maximum atomic E-state index is 5.74. The molecule has 86 valence electrons. The number of nitrogens with zero attached hydrogens (tertiary/aromatic N) is 2. The van der Waals surface area contributed by atoms with E-state index in [4.69, 9.17) is 4.42 Å². The highest BCUT2D eigenvalue weighted by Gasteiger charge is 2.15. The van der Waals surface area contributed by atoms with Crippen LogP contribution in [0.4, 0.5) is 6.01 Å². The Morgan fingerprint density at radius 3 is 2.75 bits per heavy atom. The molecule has 0 fully saturated rings. The summed E-state index contributed by atoms with van der Waals surface area (Å²) in [5.74, 6) is 0. The van der Waals surface area contributed by atoms with E-state index in [1.54, 1.807) is 0 Å². The Bertz CT molecular complexity index is 434. The SMILES string of the molecule is CC(C)N(CCBr)c1nc2ccccc2o1. The fourth-order valence-electron chi connectivity index (χ4n) is 1.65. The molecule has 1 aromatic carbocycles. The topological polar surface area (TPSA) is 29.3 Å². The van der Waals surface area contributed by atoms with Crippen LogP contribution in [0, 0.1) is 0 Å². The molecule has 4 heteroatoms. The average molecular weight is 283 g/mol. The van der Waals surface area contributed by atoms with Crippen molar-refractivity contribution < 1.29 is 4.42 Å². The van der Waals surface area contributed by atoms with Crippen molar-refractivity contribution in [3.63, 3.8) is 0 Å². The lowest BCUT2D eigenvalue weighted by Gasteiger charge is -2.23. The molecule has 0 amide bonds. The van der Waals surface area contributed by atoms with Crippen LogP contribution < -0.4 is 4.90 Å². The van der Waals surface area contributed by atoms with Crippen molar-refractivity contribution in [1.82, 2.24) is 4.98 Å². The lowest BCUT2D eigenvalue weighted by molar-refractivity contribution is 0.546. The molecule has 2 rings (SSSR count). The Hall–Kier alpha value is -1.03. The fraction of sp³-hybridized carbons (Fsp3) is 0.417. The van der Waals surface area contributed by atoms with Gasteiger partial charge in [0.25, 0.3) is 6.01 Å². The summed E-state index contributed by atoms with van der Waals surface area (Å²) in [4.78, 5) is 6.64. The van der Waals surface area contributed by atoms with Crippen molar-refractivity contribution in [2.45, 2.75) is 19.9 Å². The van der Waals surface area contributed by atoms with E-state index in [2.05, 4.69) is 39.7 Å². The van der Waals surface area contributed by atoms with Crippen molar-refractivity contribution >= 4 is 33.0 Å². The van der Waals surface area contributed by atoms with Crippen LogP contribution in [-0.2, 0) is 0 Å². The van der Waals surface area contributed by atoms with Crippen molar-refractivity contribution in [2.24, 2.45) is 0 Å². The number of rotatable bonds is 4. The Morgan fingerprint density at radius 1 is 1.38 bits per heavy atom. The minimum Gasteiger partial charge on any atom is -0.423 e. The second kappa shape index (κ2) is 4.87. The van der Waals surface area contributed by atoms with Gasteiger partial charge in [0.05, 0.1) is 0 Å². The predicted octanol–water partition coefficient (Wildman–Crippen LogP) is 3.44. The maximum absolute atomic E-state index is 5.74. The number of para-hydroxylation sites is 2. The summed E-state index contributed by atoms with van der Waals surface area (Å²) in [5, 5.41) is 0.907. The lowest BCUT2D eigenvalue weighted by Crippen LogP contribution is -2.32. The van der Waals surface area contributed by atoms with Gasteiger partial charge in [-0.25, -0.2) is 0 Å². The summed E-state index contributed by atoms with van der Waals surface area (Å²) in [6.07, 6.45) is 0. The van der Waals surface area contributed by atoms with Gasteiger partial charge in [-0.2, -0.15) is 4.98 Å². The van der Waals surface area contributed by atoms with Crippen molar-refractivity contribution in [3.05, 3.63) is 24.3 Å². The van der Waals surface area contributed by atoms with E-state index >= 15 is 0 Å². The summed E-state index contributed by atoms with van der Waals surface area (Å²) >= 11 is 3.45. The standard InChI is InChI=1S/C12H15BrN2O/c1-9(2)15(8-7-13)12-14-10-5-3-4-6-11(10)16-12/h3-6,9H,7-8H2,1-2H3. The van der Waals surface area contributed by atoms with Crippen LogP contribution in [0.3, 0.4) is 0 Å². The molecule has 0 atom stereocenters. The van der Waals surface area contributed by atoms with Gasteiger partial charge in [0.2, 0.25) is 0 Å². The molecule has 0 saturated heterocycles. The number of anilines is 1. The molecule has 0 radical (unpaired) electrons. The zero-order valence-corrected chi connectivity index (χ0v) is 11.1. The van der Waals surface area contributed by atoms with Crippen LogP contribution in [0.25, 0.3) is 11.1 Å². The van der Waals surface area contributed by atoms with Crippen LogP contribution in [0.2, 0.25) is 0 Å². The molecular formula is C12H15BrN2O. The number of oxazole rings is 1. The number of aromatic nitrogens is 1. The van der Waals surface area contributed by atoms with Gasteiger partial charge in [0.15, 0.2) is 5.58 Å². The molecule has 0 saturated carbocycles. The van der Waals surface area contributed by atoms with Gasteiger partial charge in [-0.3, -0.25) is 0 Å². The Kier molecular flexibility index (Phi) is 3.49. The highest BCUT2D eigenvalue weighted by molar-refractivity contribution is 9.09.